The number of thioether (sulfide) groups is 1. The van der Waals surface area contributed by atoms with Gasteiger partial charge in [-0.3, -0.25) is 10.4 Å². The molecule has 1 unspecified atom stereocenters. The zero-order valence-electron chi connectivity index (χ0n) is 7.21. The third-order valence-corrected chi connectivity index (χ3v) is 3.55. The van der Waals surface area contributed by atoms with Crippen LogP contribution in [-0.2, 0) is 0 Å². The van der Waals surface area contributed by atoms with E-state index < -0.39 is 0 Å². The molecule has 0 aliphatic carbocycles. The SMILES string of the molecule is S=CC1SC(=S)NN1c1ccccc1. The number of para-hydroxylation sites is 1. The van der Waals surface area contributed by atoms with Crippen LogP contribution in [0.5, 0.6) is 0 Å². The Morgan fingerprint density at radius 2 is 2.07 bits per heavy atom. The lowest BCUT2D eigenvalue weighted by molar-refractivity contribution is 0.859. The van der Waals surface area contributed by atoms with E-state index in [1.165, 1.54) is 0 Å². The highest BCUT2D eigenvalue weighted by Crippen LogP contribution is 2.26. The van der Waals surface area contributed by atoms with Crippen LogP contribution in [0.25, 0.3) is 0 Å². The minimum atomic E-state index is 0.111. The van der Waals surface area contributed by atoms with Crippen LogP contribution in [0.4, 0.5) is 5.69 Å². The van der Waals surface area contributed by atoms with Crippen LogP contribution in [0.1, 0.15) is 0 Å². The molecule has 0 radical (unpaired) electrons. The Kier molecular flexibility index (Phi) is 3.00. The van der Waals surface area contributed by atoms with Crippen LogP contribution in [0.15, 0.2) is 30.3 Å². The summed E-state index contributed by atoms with van der Waals surface area (Å²) in [6.07, 6.45) is 0. The lowest BCUT2D eigenvalue weighted by Gasteiger charge is -2.21. The van der Waals surface area contributed by atoms with Crippen molar-refractivity contribution < 1.29 is 0 Å². The lowest BCUT2D eigenvalue weighted by atomic mass is 10.3. The fraction of sp³-hybridized carbons (Fsp3) is 0.111. The summed E-state index contributed by atoms with van der Waals surface area (Å²) < 4.78 is 0.764. The molecule has 1 aromatic carbocycles. The van der Waals surface area contributed by atoms with Gasteiger partial charge in [-0.25, -0.2) is 0 Å². The van der Waals surface area contributed by atoms with E-state index in [4.69, 9.17) is 24.4 Å². The molecular formula is C9H8N2S3. The topological polar surface area (TPSA) is 15.3 Å². The number of nitrogens with zero attached hydrogens (tertiary/aromatic N) is 1. The maximum absolute atomic E-state index is 5.08. The Morgan fingerprint density at radius 1 is 1.36 bits per heavy atom. The van der Waals surface area contributed by atoms with Crippen LogP contribution >= 0.6 is 36.2 Å². The normalized spacial score (nSPS) is 20.7. The summed E-state index contributed by atoms with van der Waals surface area (Å²) in [5.41, 5.74) is 4.18. The molecule has 1 aliphatic heterocycles. The summed E-state index contributed by atoms with van der Waals surface area (Å²) in [4.78, 5) is 0. The summed E-state index contributed by atoms with van der Waals surface area (Å²) in [7, 11) is 0. The second-order valence-electron chi connectivity index (χ2n) is 2.75. The highest BCUT2D eigenvalue weighted by atomic mass is 32.2. The maximum atomic E-state index is 5.08. The molecule has 2 rings (SSSR count). The number of hydrogen-bond donors (Lipinski definition) is 1. The van der Waals surface area contributed by atoms with Crippen molar-refractivity contribution in [3.05, 3.63) is 30.3 Å². The monoisotopic (exact) mass is 240 g/mol. The highest BCUT2D eigenvalue weighted by Gasteiger charge is 2.26. The Morgan fingerprint density at radius 3 is 2.71 bits per heavy atom. The first-order chi connectivity index (χ1) is 6.81. The van der Waals surface area contributed by atoms with Crippen LogP contribution < -0.4 is 10.4 Å². The predicted molar refractivity (Wildman–Crippen MR) is 69.7 cm³/mol. The van der Waals surface area contributed by atoms with E-state index in [9.17, 15) is 0 Å². The van der Waals surface area contributed by atoms with E-state index in [0.717, 1.165) is 10.0 Å². The molecule has 1 atom stereocenters. The van der Waals surface area contributed by atoms with Gasteiger partial charge in [0.15, 0.2) is 4.32 Å². The molecule has 1 aliphatic rings. The van der Waals surface area contributed by atoms with E-state index in [0.29, 0.717) is 0 Å². The second kappa shape index (κ2) is 4.25. The zero-order chi connectivity index (χ0) is 9.97. The summed E-state index contributed by atoms with van der Waals surface area (Å²) in [5, 5.41) is 3.80. The van der Waals surface area contributed by atoms with Crippen molar-refractivity contribution in [1.82, 2.24) is 5.43 Å². The first-order valence-electron chi connectivity index (χ1n) is 4.08. The van der Waals surface area contributed by atoms with Crippen molar-refractivity contribution in [2.45, 2.75) is 5.37 Å². The largest absolute Gasteiger partial charge is 0.281 e. The fourth-order valence-corrected chi connectivity index (χ4v) is 2.63. The van der Waals surface area contributed by atoms with Crippen molar-refractivity contribution in [2.24, 2.45) is 0 Å². The molecule has 0 saturated carbocycles. The molecule has 1 N–H and O–H groups in total. The molecule has 72 valence electrons. The van der Waals surface area contributed by atoms with Crippen LogP contribution in [0.3, 0.4) is 0 Å². The number of nitrogens with one attached hydrogen (secondary N) is 1. The second-order valence-corrected chi connectivity index (χ2v) is 4.82. The molecule has 1 saturated heterocycles. The first kappa shape index (κ1) is 9.89. The predicted octanol–water partition coefficient (Wildman–Crippen LogP) is 2.36. The number of hydrazine groups is 1. The van der Waals surface area contributed by atoms with Crippen molar-refractivity contribution in [3.63, 3.8) is 0 Å². The zero-order valence-corrected chi connectivity index (χ0v) is 9.66. The molecule has 0 spiro atoms. The van der Waals surface area contributed by atoms with E-state index in [-0.39, 0.29) is 5.37 Å². The number of rotatable bonds is 2. The van der Waals surface area contributed by atoms with E-state index in [1.807, 2.05) is 35.3 Å². The van der Waals surface area contributed by atoms with Crippen LogP contribution in [0.2, 0.25) is 0 Å². The fourth-order valence-electron chi connectivity index (χ4n) is 1.24. The first-order valence-corrected chi connectivity index (χ1v) is 5.84. The van der Waals surface area contributed by atoms with Gasteiger partial charge in [0.1, 0.15) is 5.37 Å². The number of hydrogen-bond acceptors (Lipinski definition) is 4. The minimum Gasteiger partial charge on any atom is -0.281 e. The van der Waals surface area contributed by atoms with Gasteiger partial charge < -0.3 is 0 Å². The number of thiocarbonyl (C=S) groups is 2. The average Bonchev–Trinajstić information content (AvgIpc) is 2.61. The molecule has 2 nitrogen and oxygen atoms in total. The molecular weight excluding hydrogens is 232 g/mol. The highest BCUT2D eigenvalue weighted by molar-refractivity contribution is 8.24. The molecule has 5 heteroatoms. The molecule has 14 heavy (non-hydrogen) atoms. The minimum absolute atomic E-state index is 0.111. The van der Waals surface area contributed by atoms with Gasteiger partial charge in [0, 0.05) is 5.37 Å². The van der Waals surface area contributed by atoms with E-state index in [1.54, 1.807) is 17.1 Å². The van der Waals surface area contributed by atoms with Gasteiger partial charge in [0.25, 0.3) is 0 Å². The van der Waals surface area contributed by atoms with E-state index in [2.05, 4.69) is 5.43 Å². The lowest BCUT2D eigenvalue weighted by Crippen LogP contribution is -2.38. The van der Waals surface area contributed by atoms with Gasteiger partial charge in [0.05, 0.1) is 5.69 Å². The standard InChI is InChI=1S/C9H8N2S3/c12-6-8-11(10-9(13)14-8)7-4-2-1-3-5-7/h1-6,8H,(H,10,13). The van der Waals surface area contributed by atoms with Crippen molar-refractivity contribution in [2.75, 3.05) is 5.01 Å². The number of anilines is 1. The molecule has 0 bridgehead atoms. The molecule has 1 heterocycles. The molecule has 1 fully saturated rings. The average molecular weight is 240 g/mol. The Bertz CT molecular complexity index is 352. The van der Waals surface area contributed by atoms with Crippen molar-refractivity contribution >= 4 is 51.6 Å². The molecule has 1 aromatic rings. The van der Waals surface area contributed by atoms with Gasteiger partial charge in [-0.05, 0) is 12.1 Å². The Balaban J connectivity index is 2.26. The summed E-state index contributed by atoms with van der Waals surface area (Å²) in [5.74, 6) is 0. The molecule has 0 aromatic heterocycles. The van der Waals surface area contributed by atoms with Crippen LogP contribution in [-0.4, -0.2) is 15.1 Å². The third-order valence-electron chi connectivity index (χ3n) is 1.84. The van der Waals surface area contributed by atoms with Crippen molar-refractivity contribution in [3.8, 4) is 0 Å². The van der Waals surface area contributed by atoms with Gasteiger partial charge in [-0.15, -0.1) is 0 Å². The van der Waals surface area contributed by atoms with Gasteiger partial charge in [-0.1, -0.05) is 54.4 Å². The van der Waals surface area contributed by atoms with E-state index >= 15 is 0 Å². The summed E-state index contributed by atoms with van der Waals surface area (Å²) in [6.45, 7) is 0. The number of benzene rings is 1. The molecule has 0 amide bonds. The maximum Gasteiger partial charge on any atom is 0.154 e. The van der Waals surface area contributed by atoms with Gasteiger partial charge in [0.2, 0.25) is 0 Å². The summed E-state index contributed by atoms with van der Waals surface area (Å²) >= 11 is 11.6. The Labute approximate surface area is 97.6 Å². The third kappa shape index (κ3) is 1.89. The summed E-state index contributed by atoms with van der Waals surface area (Å²) in [6, 6.07) is 10.0. The van der Waals surface area contributed by atoms with Gasteiger partial charge >= 0.3 is 0 Å². The van der Waals surface area contributed by atoms with Crippen molar-refractivity contribution in [1.29, 1.82) is 0 Å². The van der Waals surface area contributed by atoms with Gasteiger partial charge in [-0.2, -0.15) is 0 Å². The Hall–Kier alpha value is -0.650. The smallest absolute Gasteiger partial charge is 0.154 e. The quantitative estimate of drug-likeness (QED) is 0.796. The van der Waals surface area contributed by atoms with Crippen LogP contribution in [0, 0.1) is 0 Å².